The van der Waals surface area contributed by atoms with Crippen molar-refractivity contribution >= 4 is 23.7 Å². The molecule has 0 saturated heterocycles. The van der Waals surface area contributed by atoms with Gasteiger partial charge in [-0.3, -0.25) is 4.99 Å². The van der Waals surface area contributed by atoms with Crippen molar-refractivity contribution < 1.29 is 45.4 Å². The van der Waals surface area contributed by atoms with Gasteiger partial charge in [0.2, 0.25) is 0 Å². The number of hydrogen-bond donors (Lipinski definition) is 1. The molecular weight excluding hydrogens is 638 g/mol. The lowest BCUT2D eigenvalue weighted by Gasteiger charge is -2.18. The minimum atomic E-state index is -4.54. The predicted molar refractivity (Wildman–Crippen MR) is 167 cm³/mol. The summed E-state index contributed by atoms with van der Waals surface area (Å²) in [6.45, 7) is 9.09. The Hall–Kier alpha value is -5.39. The van der Waals surface area contributed by atoms with Crippen LogP contribution < -0.4 is 9.47 Å². The minimum Gasteiger partial charge on any atom is -0.423 e. The van der Waals surface area contributed by atoms with Gasteiger partial charge in [0.1, 0.15) is 11.5 Å². The molecule has 1 aromatic heterocycles. The highest BCUT2D eigenvalue weighted by atomic mass is 19.4. The smallest absolute Gasteiger partial charge is 0.416 e. The van der Waals surface area contributed by atoms with Crippen molar-refractivity contribution in [2.75, 3.05) is 0 Å². The Labute approximate surface area is 271 Å². The Bertz CT molecular complexity index is 1990. The summed E-state index contributed by atoms with van der Waals surface area (Å²) in [7, 11) is 0. The molecule has 2 heterocycles. The Balaban J connectivity index is 1.54. The molecule has 1 N–H and O–H groups in total. The van der Waals surface area contributed by atoms with E-state index >= 15 is 0 Å². The van der Waals surface area contributed by atoms with Gasteiger partial charge in [0.15, 0.2) is 0 Å². The van der Waals surface area contributed by atoms with Crippen LogP contribution in [-0.2, 0) is 17.1 Å². The number of aryl methyl sites for hydroxylation is 3. The SMILES string of the molecule is CC1=C(C(=O)Oc2ccc(C(F)(F)F)cc2)C=N/C1=C(\c1[nH]cc(C(=O)Oc2ccc(C(F)(F)F)cc2)c1C)c1c(C)cc(C)cc1C. The van der Waals surface area contributed by atoms with E-state index in [4.69, 9.17) is 9.47 Å². The molecule has 4 aromatic rings. The maximum absolute atomic E-state index is 13.2. The molecule has 0 aliphatic carbocycles. The largest absolute Gasteiger partial charge is 0.423 e. The highest BCUT2D eigenvalue weighted by Gasteiger charge is 2.32. The molecule has 0 saturated carbocycles. The van der Waals surface area contributed by atoms with Crippen molar-refractivity contribution in [3.63, 3.8) is 0 Å². The van der Waals surface area contributed by atoms with E-state index in [1.807, 2.05) is 32.9 Å². The number of nitrogens with one attached hydrogen (secondary N) is 1. The number of benzene rings is 3. The Morgan fingerprint density at radius 3 is 1.67 bits per heavy atom. The standard InChI is InChI=1S/C36H28F6N2O4/c1-18-14-19(2)29(20(3)15-18)30(31-21(4)27(16-43-31)33(45)47-25-10-6-23(7-11-25)35(37,38)39)32-22(5)28(17-44-32)34(46)48-26-12-8-24(9-13-26)36(40,41)42/h6-17,43H,1-5H3/b32-30-. The summed E-state index contributed by atoms with van der Waals surface area (Å²) in [6, 6.07) is 11.4. The van der Waals surface area contributed by atoms with Crippen LogP contribution in [0.15, 0.2) is 88.7 Å². The highest BCUT2D eigenvalue weighted by molar-refractivity contribution is 6.14. The number of H-pyrrole nitrogens is 1. The number of carbonyl (C=O) groups is 2. The van der Waals surface area contributed by atoms with Crippen molar-refractivity contribution in [1.82, 2.24) is 4.98 Å². The maximum Gasteiger partial charge on any atom is 0.416 e. The second-order valence-electron chi connectivity index (χ2n) is 11.3. The fourth-order valence-corrected chi connectivity index (χ4v) is 5.56. The van der Waals surface area contributed by atoms with E-state index < -0.39 is 35.4 Å². The van der Waals surface area contributed by atoms with Crippen LogP contribution in [-0.4, -0.2) is 23.1 Å². The molecule has 12 heteroatoms. The molecule has 248 valence electrons. The summed E-state index contributed by atoms with van der Waals surface area (Å²) in [5.41, 5.74) is 4.26. The summed E-state index contributed by atoms with van der Waals surface area (Å²) in [6.07, 6.45) is -6.35. The zero-order valence-electron chi connectivity index (χ0n) is 26.3. The molecule has 0 spiro atoms. The topological polar surface area (TPSA) is 80.8 Å². The zero-order valence-corrected chi connectivity index (χ0v) is 26.3. The molecule has 5 rings (SSSR count). The average Bonchev–Trinajstić information content (AvgIpc) is 3.56. The first-order valence-corrected chi connectivity index (χ1v) is 14.5. The number of aliphatic imine (C=N–C) groups is 1. The van der Waals surface area contributed by atoms with Gasteiger partial charge in [0.05, 0.1) is 33.7 Å². The van der Waals surface area contributed by atoms with E-state index in [1.54, 1.807) is 13.8 Å². The minimum absolute atomic E-state index is 0.0747. The van der Waals surface area contributed by atoms with Crippen LogP contribution in [0.2, 0.25) is 0 Å². The number of esters is 2. The summed E-state index contributed by atoms with van der Waals surface area (Å²) in [5, 5.41) is 0. The molecule has 48 heavy (non-hydrogen) atoms. The number of ether oxygens (including phenoxy) is 2. The summed E-state index contributed by atoms with van der Waals surface area (Å²) >= 11 is 0. The van der Waals surface area contributed by atoms with Crippen molar-refractivity contribution in [2.45, 2.75) is 47.0 Å². The van der Waals surface area contributed by atoms with Crippen molar-refractivity contribution in [3.8, 4) is 11.5 Å². The lowest BCUT2D eigenvalue weighted by Crippen LogP contribution is -2.13. The molecule has 0 fully saturated rings. The van der Waals surface area contributed by atoms with Crippen molar-refractivity contribution in [2.24, 2.45) is 4.99 Å². The van der Waals surface area contributed by atoms with E-state index in [9.17, 15) is 35.9 Å². The van der Waals surface area contributed by atoms with Crippen molar-refractivity contribution in [1.29, 1.82) is 0 Å². The predicted octanol–water partition coefficient (Wildman–Crippen LogP) is 9.27. The van der Waals surface area contributed by atoms with E-state index in [0.717, 1.165) is 70.8 Å². The number of carbonyl (C=O) groups excluding carboxylic acids is 2. The Kier molecular flexibility index (Phi) is 8.96. The monoisotopic (exact) mass is 666 g/mol. The van der Waals surface area contributed by atoms with Crippen LogP contribution in [0.3, 0.4) is 0 Å². The van der Waals surface area contributed by atoms with Crippen LogP contribution in [0.1, 0.15) is 61.9 Å². The number of aromatic nitrogens is 1. The number of allylic oxidation sites excluding steroid dienone is 1. The van der Waals surface area contributed by atoms with E-state index in [-0.39, 0.29) is 22.6 Å². The van der Waals surface area contributed by atoms with Gasteiger partial charge in [0.25, 0.3) is 0 Å². The van der Waals surface area contributed by atoms with E-state index in [1.165, 1.54) is 12.4 Å². The fourth-order valence-electron chi connectivity index (χ4n) is 5.56. The molecular formula is C36H28F6N2O4. The van der Waals surface area contributed by atoms with Gasteiger partial charge < -0.3 is 14.5 Å². The third kappa shape index (κ3) is 6.83. The van der Waals surface area contributed by atoms with Crippen molar-refractivity contribution in [3.05, 3.63) is 134 Å². The third-order valence-corrected chi connectivity index (χ3v) is 7.86. The summed E-state index contributed by atoms with van der Waals surface area (Å²) in [4.78, 5) is 34.1. The fraction of sp³-hybridized carbons (Fsp3) is 0.194. The second kappa shape index (κ2) is 12.7. The van der Waals surface area contributed by atoms with Gasteiger partial charge in [-0.2, -0.15) is 26.3 Å². The molecule has 0 bridgehead atoms. The van der Waals surface area contributed by atoms with Crippen LogP contribution in [0, 0.1) is 27.7 Å². The maximum atomic E-state index is 13.2. The van der Waals surface area contributed by atoms with Gasteiger partial charge in [0, 0.05) is 18.0 Å². The van der Waals surface area contributed by atoms with Crippen LogP contribution in [0.5, 0.6) is 11.5 Å². The first kappa shape index (κ1) is 34.0. The first-order valence-electron chi connectivity index (χ1n) is 14.5. The van der Waals surface area contributed by atoms with Gasteiger partial charge in [-0.05, 0) is 111 Å². The molecule has 0 radical (unpaired) electrons. The Morgan fingerprint density at radius 1 is 0.708 bits per heavy atom. The third-order valence-electron chi connectivity index (χ3n) is 7.86. The number of rotatable bonds is 6. The lowest BCUT2D eigenvalue weighted by atomic mass is 9.88. The zero-order chi connectivity index (χ0) is 35.1. The average molecular weight is 667 g/mol. The molecule has 0 unspecified atom stereocenters. The molecule has 1 aliphatic heterocycles. The van der Waals surface area contributed by atoms with Gasteiger partial charge >= 0.3 is 24.3 Å². The summed E-state index contributed by atoms with van der Waals surface area (Å²) < 4.78 is 88.6. The van der Waals surface area contributed by atoms with Crippen LogP contribution >= 0.6 is 0 Å². The Morgan fingerprint density at radius 2 is 1.19 bits per heavy atom. The summed E-state index contributed by atoms with van der Waals surface area (Å²) in [5.74, 6) is -1.79. The normalized spacial score (nSPS) is 14.4. The second-order valence-corrected chi connectivity index (χ2v) is 11.3. The number of halogens is 6. The quantitative estimate of drug-likeness (QED) is 0.126. The molecule has 0 amide bonds. The molecule has 0 atom stereocenters. The first-order chi connectivity index (χ1) is 22.5. The number of alkyl halides is 6. The van der Waals surface area contributed by atoms with E-state index in [2.05, 4.69) is 9.98 Å². The van der Waals surface area contributed by atoms with Gasteiger partial charge in [-0.1, -0.05) is 17.7 Å². The van der Waals surface area contributed by atoms with Gasteiger partial charge in [-0.15, -0.1) is 0 Å². The molecule has 3 aromatic carbocycles. The van der Waals surface area contributed by atoms with Crippen LogP contribution in [0.4, 0.5) is 26.3 Å². The molecule has 6 nitrogen and oxygen atoms in total. The van der Waals surface area contributed by atoms with Crippen LogP contribution in [0.25, 0.3) is 5.57 Å². The number of aromatic amines is 1. The highest BCUT2D eigenvalue weighted by Crippen LogP contribution is 2.40. The van der Waals surface area contributed by atoms with E-state index in [0.29, 0.717) is 28.1 Å². The van der Waals surface area contributed by atoms with Gasteiger partial charge in [-0.25, -0.2) is 9.59 Å². The number of nitrogens with zero attached hydrogens (tertiary/aromatic N) is 1. The molecule has 1 aliphatic rings. The lowest BCUT2D eigenvalue weighted by molar-refractivity contribution is -0.138. The number of hydrogen-bond acceptors (Lipinski definition) is 5.